The molecule has 7 heteroatoms. The van der Waals surface area contributed by atoms with Gasteiger partial charge in [-0.3, -0.25) is 4.90 Å². The van der Waals surface area contributed by atoms with Gasteiger partial charge < -0.3 is 9.72 Å². The van der Waals surface area contributed by atoms with E-state index in [1.54, 1.807) is 20.8 Å². The SMILES string of the molecule is [B]c1cnc(C2C[C@@H](F)CN2C(=O)OC(C)(C)C)[nH]1. The summed E-state index contributed by atoms with van der Waals surface area (Å²) in [6.07, 6.45) is 0.0387. The molecule has 102 valence electrons. The van der Waals surface area contributed by atoms with Gasteiger partial charge in [0, 0.05) is 12.6 Å². The summed E-state index contributed by atoms with van der Waals surface area (Å²) in [4.78, 5) is 20.3. The Hall–Kier alpha value is -1.53. The van der Waals surface area contributed by atoms with Gasteiger partial charge in [-0.2, -0.15) is 0 Å². The molecule has 0 aliphatic carbocycles. The molecule has 0 bridgehead atoms. The van der Waals surface area contributed by atoms with Crippen molar-refractivity contribution in [3.05, 3.63) is 12.0 Å². The van der Waals surface area contributed by atoms with Crippen LogP contribution in [0.5, 0.6) is 0 Å². The van der Waals surface area contributed by atoms with E-state index in [1.165, 1.54) is 11.1 Å². The lowest BCUT2D eigenvalue weighted by Crippen LogP contribution is -2.37. The number of H-pyrrole nitrogens is 1. The number of carbonyl (C=O) groups excluding carboxylic acids is 1. The van der Waals surface area contributed by atoms with Gasteiger partial charge in [-0.15, -0.1) is 0 Å². The van der Waals surface area contributed by atoms with Gasteiger partial charge in [0.15, 0.2) is 0 Å². The van der Waals surface area contributed by atoms with E-state index in [0.717, 1.165) is 0 Å². The molecule has 1 aromatic rings. The molecule has 0 aromatic carbocycles. The number of rotatable bonds is 1. The second-order valence-electron chi connectivity index (χ2n) is 5.71. The number of aromatic nitrogens is 2. The molecule has 1 saturated heterocycles. The number of nitrogens with zero attached hydrogens (tertiary/aromatic N) is 2. The lowest BCUT2D eigenvalue weighted by Gasteiger charge is -2.27. The van der Waals surface area contributed by atoms with Gasteiger partial charge in [-0.05, 0) is 26.4 Å². The summed E-state index contributed by atoms with van der Waals surface area (Å²) < 4.78 is 18.9. The Kier molecular flexibility index (Phi) is 3.56. The minimum atomic E-state index is -1.08. The van der Waals surface area contributed by atoms with Crippen LogP contribution < -0.4 is 5.59 Å². The van der Waals surface area contributed by atoms with Crippen LogP contribution in [0.1, 0.15) is 39.1 Å². The van der Waals surface area contributed by atoms with Crippen LogP contribution in [-0.2, 0) is 4.74 Å². The van der Waals surface area contributed by atoms with E-state index in [4.69, 9.17) is 12.6 Å². The Morgan fingerprint density at radius 3 is 2.84 bits per heavy atom. The van der Waals surface area contributed by atoms with E-state index in [-0.39, 0.29) is 13.0 Å². The molecule has 19 heavy (non-hydrogen) atoms. The molecular weight excluding hydrogens is 248 g/mol. The molecule has 2 radical (unpaired) electrons. The van der Waals surface area contributed by atoms with Crippen LogP contribution in [0.4, 0.5) is 9.18 Å². The standard InChI is InChI=1S/C12H17BFN3O2/c1-12(2,3)19-11(18)17-6-7(14)4-8(17)10-15-5-9(13)16-10/h5,7-8H,4,6H2,1-3H3,(H,15,16)/t7-,8?/m1/s1. The number of halogens is 1. The Bertz CT molecular complexity index is 472. The van der Waals surface area contributed by atoms with Crippen LogP contribution >= 0.6 is 0 Å². The molecule has 1 aromatic heterocycles. The monoisotopic (exact) mass is 265 g/mol. The fraction of sp³-hybridized carbons (Fsp3) is 0.667. The van der Waals surface area contributed by atoms with Gasteiger partial charge >= 0.3 is 6.09 Å². The third-order valence-corrected chi connectivity index (χ3v) is 2.81. The Labute approximate surface area is 112 Å². The van der Waals surface area contributed by atoms with E-state index in [0.29, 0.717) is 11.4 Å². The Morgan fingerprint density at radius 1 is 1.63 bits per heavy atom. The number of nitrogens with one attached hydrogen (secondary N) is 1. The predicted molar refractivity (Wildman–Crippen MR) is 69.2 cm³/mol. The van der Waals surface area contributed by atoms with Crippen molar-refractivity contribution in [2.75, 3.05) is 6.54 Å². The van der Waals surface area contributed by atoms with Crippen molar-refractivity contribution in [1.29, 1.82) is 0 Å². The van der Waals surface area contributed by atoms with E-state index < -0.39 is 23.9 Å². The first-order valence-electron chi connectivity index (χ1n) is 6.20. The van der Waals surface area contributed by atoms with Crippen LogP contribution in [0.3, 0.4) is 0 Å². The van der Waals surface area contributed by atoms with Gasteiger partial charge in [0.1, 0.15) is 25.4 Å². The number of alkyl halides is 1. The number of imidazole rings is 1. The topological polar surface area (TPSA) is 58.2 Å². The van der Waals surface area contributed by atoms with E-state index >= 15 is 0 Å². The van der Waals surface area contributed by atoms with Crippen LogP contribution in [0.15, 0.2) is 6.20 Å². The maximum atomic E-state index is 13.6. The highest BCUT2D eigenvalue weighted by Crippen LogP contribution is 2.32. The third kappa shape index (κ3) is 3.27. The maximum absolute atomic E-state index is 13.6. The fourth-order valence-corrected chi connectivity index (χ4v) is 2.09. The van der Waals surface area contributed by atoms with E-state index in [2.05, 4.69) is 9.97 Å². The van der Waals surface area contributed by atoms with E-state index in [9.17, 15) is 9.18 Å². The highest BCUT2D eigenvalue weighted by atomic mass is 19.1. The molecule has 0 spiro atoms. The summed E-state index contributed by atoms with van der Waals surface area (Å²) in [5.74, 6) is 0.489. The van der Waals surface area contributed by atoms with Gasteiger partial charge in [-0.25, -0.2) is 14.2 Å². The number of ether oxygens (including phenoxy) is 1. The second kappa shape index (κ2) is 4.87. The molecule has 2 heterocycles. The number of hydrogen-bond acceptors (Lipinski definition) is 3. The van der Waals surface area contributed by atoms with Crippen LogP contribution in [0, 0.1) is 0 Å². The number of carbonyl (C=O) groups is 1. The average Bonchev–Trinajstić information content (AvgIpc) is 2.81. The van der Waals surface area contributed by atoms with Crippen molar-refractivity contribution in [1.82, 2.24) is 14.9 Å². The van der Waals surface area contributed by atoms with Crippen molar-refractivity contribution in [3.8, 4) is 0 Å². The van der Waals surface area contributed by atoms with Crippen LogP contribution in [0.25, 0.3) is 0 Å². The molecule has 1 amide bonds. The molecule has 2 rings (SSSR count). The first kappa shape index (κ1) is 13.9. The summed E-state index contributed by atoms with van der Waals surface area (Å²) in [6, 6.07) is -0.456. The molecule has 2 atom stereocenters. The zero-order valence-corrected chi connectivity index (χ0v) is 11.3. The molecule has 1 unspecified atom stereocenters. The van der Waals surface area contributed by atoms with Crippen molar-refractivity contribution >= 4 is 19.5 Å². The Morgan fingerprint density at radius 2 is 2.32 bits per heavy atom. The number of hydrogen-bond donors (Lipinski definition) is 1. The first-order valence-corrected chi connectivity index (χ1v) is 6.20. The summed E-state index contributed by atoms with van der Waals surface area (Å²) >= 11 is 0. The molecule has 0 saturated carbocycles. The summed E-state index contributed by atoms with van der Waals surface area (Å²) in [7, 11) is 5.56. The first-order chi connectivity index (χ1) is 8.76. The molecule has 1 aliphatic heterocycles. The van der Waals surface area contributed by atoms with Crippen LogP contribution in [0.2, 0.25) is 0 Å². The van der Waals surface area contributed by atoms with Crippen molar-refractivity contribution in [3.63, 3.8) is 0 Å². The third-order valence-electron chi connectivity index (χ3n) is 2.81. The van der Waals surface area contributed by atoms with E-state index in [1.807, 2.05) is 0 Å². The Balaban J connectivity index is 2.16. The van der Waals surface area contributed by atoms with Crippen LogP contribution in [-0.4, -0.2) is 47.1 Å². The van der Waals surface area contributed by atoms with Gasteiger partial charge in [-0.1, -0.05) is 0 Å². The number of likely N-dealkylation sites (tertiary alicyclic amines) is 1. The van der Waals surface area contributed by atoms with Gasteiger partial charge in [0.2, 0.25) is 0 Å². The summed E-state index contributed by atoms with van der Waals surface area (Å²) in [6.45, 7) is 5.33. The van der Waals surface area contributed by atoms with Gasteiger partial charge in [0.05, 0.1) is 12.6 Å². The molecule has 1 fully saturated rings. The highest BCUT2D eigenvalue weighted by molar-refractivity contribution is 6.30. The zero-order valence-electron chi connectivity index (χ0n) is 11.3. The normalized spacial score (nSPS) is 23.7. The second-order valence-corrected chi connectivity index (χ2v) is 5.71. The fourth-order valence-electron chi connectivity index (χ4n) is 2.09. The smallest absolute Gasteiger partial charge is 0.411 e. The average molecular weight is 265 g/mol. The number of amides is 1. The molecule has 1 aliphatic rings. The minimum Gasteiger partial charge on any atom is -0.444 e. The highest BCUT2D eigenvalue weighted by Gasteiger charge is 2.39. The lowest BCUT2D eigenvalue weighted by atomic mass is 10.1. The lowest BCUT2D eigenvalue weighted by molar-refractivity contribution is 0.0211. The van der Waals surface area contributed by atoms with Crippen molar-refractivity contribution in [2.45, 2.75) is 45.0 Å². The van der Waals surface area contributed by atoms with Crippen molar-refractivity contribution < 1.29 is 13.9 Å². The number of aromatic amines is 1. The quantitative estimate of drug-likeness (QED) is 0.777. The van der Waals surface area contributed by atoms with Crippen molar-refractivity contribution in [2.24, 2.45) is 0 Å². The largest absolute Gasteiger partial charge is 0.444 e. The summed E-state index contributed by atoms with van der Waals surface area (Å²) in [5, 5.41) is 0. The maximum Gasteiger partial charge on any atom is 0.411 e. The molecule has 5 nitrogen and oxygen atoms in total. The summed E-state index contributed by atoms with van der Waals surface area (Å²) in [5.41, 5.74) is -0.223. The predicted octanol–water partition coefficient (Wildman–Crippen LogP) is 1.22. The molecular formula is C12H17BFN3O2. The molecule has 1 N–H and O–H groups in total. The zero-order chi connectivity index (χ0) is 14.2. The minimum absolute atomic E-state index is 0.0141. The van der Waals surface area contributed by atoms with Gasteiger partial charge in [0.25, 0.3) is 0 Å².